The Balaban J connectivity index is 6.62. The van der Waals surface area contributed by atoms with Gasteiger partial charge in [-0.05, 0) is 49.9 Å². The second kappa shape index (κ2) is 19.0. The molecule has 0 aliphatic rings. The van der Waals surface area contributed by atoms with Gasteiger partial charge in [-0.25, -0.2) is 0 Å². The van der Waals surface area contributed by atoms with Crippen molar-refractivity contribution in [1.82, 2.24) is 0 Å². The van der Waals surface area contributed by atoms with E-state index in [4.69, 9.17) is 17.7 Å². The van der Waals surface area contributed by atoms with E-state index in [1.54, 1.807) is 0 Å². The lowest BCUT2D eigenvalue weighted by molar-refractivity contribution is 0.127. The van der Waals surface area contributed by atoms with Crippen LogP contribution in [0.5, 0.6) is 0 Å². The summed E-state index contributed by atoms with van der Waals surface area (Å²) in [5.74, 6) is 0. The van der Waals surface area contributed by atoms with Crippen molar-refractivity contribution in [2.24, 2.45) is 0 Å². The van der Waals surface area contributed by atoms with E-state index in [0.717, 1.165) is 90.6 Å². The largest absolute Gasteiger partial charge is 0.391 e. The second-order valence-electron chi connectivity index (χ2n) is 9.39. The van der Waals surface area contributed by atoms with Crippen LogP contribution >= 0.6 is 0 Å². The summed E-state index contributed by atoms with van der Waals surface area (Å²) in [5.41, 5.74) is 4.60. The van der Waals surface area contributed by atoms with Crippen LogP contribution in [0.25, 0.3) is 0 Å². The molecule has 0 spiro atoms. The molecule has 0 heterocycles. The first-order valence-corrected chi connectivity index (χ1v) is 17.6. The predicted molar refractivity (Wildman–Crippen MR) is 148 cm³/mol. The SMILES string of the molecule is CCC=C[Si](OCCCC)(OCCCC)C(C)(C)[Si](C=CCC)(OCCCC)OCCCC. The van der Waals surface area contributed by atoms with Crippen LogP contribution in [0.15, 0.2) is 23.6 Å². The highest BCUT2D eigenvalue weighted by Gasteiger charge is 2.65. The van der Waals surface area contributed by atoms with Crippen LogP contribution < -0.4 is 0 Å². The lowest BCUT2D eigenvalue weighted by Gasteiger charge is -2.49. The van der Waals surface area contributed by atoms with Gasteiger partial charge in [0.2, 0.25) is 0 Å². The molecule has 196 valence electrons. The van der Waals surface area contributed by atoms with Crippen LogP contribution in [0.3, 0.4) is 0 Å². The molecule has 6 heteroatoms. The Labute approximate surface area is 209 Å². The minimum Gasteiger partial charge on any atom is -0.391 e. The standard InChI is InChI=1S/C27H56O4Si2/c1-9-15-21-28-32(25-19-13-5,29-22-16-10-2)27(7,8)33(26-20-14-6,30-23-17-11-3)31-24-18-12-4/h19-20,25-26H,9-18,21-24H2,1-8H3. The van der Waals surface area contributed by atoms with Crippen LogP contribution in [0, 0.1) is 0 Å². The third-order valence-electron chi connectivity index (χ3n) is 6.15. The molecule has 0 amide bonds. The van der Waals surface area contributed by atoms with Crippen molar-refractivity contribution < 1.29 is 17.7 Å². The summed E-state index contributed by atoms with van der Waals surface area (Å²) in [6, 6.07) is 0. The fraction of sp³-hybridized carbons (Fsp3) is 0.852. The van der Waals surface area contributed by atoms with Crippen LogP contribution in [0.2, 0.25) is 4.66 Å². The molecule has 0 rings (SSSR count). The van der Waals surface area contributed by atoms with Crippen LogP contribution in [0.4, 0.5) is 0 Å². The molecule has 0 aromatic rings. The highest BCUT2D eigenvalue weighted by Crippen LogP contribution is 2.49. The number of allylic oxidation sites excluding steroid dienone is 2. The van der Waals surface area contributed by atoms with E-state index in [0.29, 0.717) is 0 Å². The first kappa shape index (κ1) is 32.8. The highest BCUT2D eigenvalue weighted by atomic mass is 28.4. The van der Waals surface area contributed by atoms with Gasteiger partial charge in [0.1, 0.15) is 0 Å². The zero-order chi connectivity index (χ0) is 25.1. The Hall–Kier alpha value is -0.246. The van der Waals surface area contributed by atoms with Gasteiger partial charge in [0.05, 0.1) is 4.66 Å². The summed E-state index contributed by atoms with van der Waals surface area (Å²) < 4.78 is 27.1. The number of rotatable bonds is 22. The molecule has 0 saturated carbocycles. The van der Waals surface area contributed by atoms with E-state index in [1.807, 2.05) is 0 Å². The number of hydrogen-bond acceptors (Lipinski definition) is 4. The molecule has 4 nitrogen and oxygen atoms in total. The van der Waals surface area contributed by atoms with Crippen molar-refractivity contribution in [1.29, 1.82) is 0 Å². The lowest BCUT2D eigenvalue weighted by Crippen LogP contribution is -2.65. The molecular formula is C27H56O4Si2. The lowest BCUT2D eigenvalue weighted by atomic mass is 10.4. The van der Waals surface area contributed by atoms with Gasteiger partial charge >= 0.3 is 17.1 Å². The summed E-state index contributed by atoms with van der Waals surface area (Å²) in [4.78, 5) is 0. The summed E-state index contributed by atoms with van der Waals surface area (Å²) in [6.07, 6.45) is 15.0. The average molecular weight is 501 g/mol. The Bertz CT molecular complexity index is 456. The van der Waals surface area contributed by atoms with Gasteiger partial charge in [0.25, 0.3) is 0 Å². The normalized spacial score (nSPS) is 13.6. The third-order valence-corrected chi connectivity index (χ3v) is 15.6. The van der Waals surface area contributed by atoms with Crippen molar-refractivity contribution in [3.63, 3.8) is 0 Å². The summed E-state index contributed by atoms with van der Waals surface area (Å²) in [7, 11) is -5.69. The van der Waals surface area contributed by atoms with Crippen LogP contribution in [0.1, 0.15) is 120 Å². The first-order valence-electron chi connectivity index (χ1n) is 13.8. The summed E-state index contributed by atoms with van der Waals surface area (Å²) in [6.45, 7) is 20.7. The quantitative estimate of drug-likeness (QED) is 0.110. The molecule has 0 aliphatic heterocycles. The van der Waals surface area contributed by atoms with Crippen molar-refractivity contribution in [3.8, 4) is 0 Å². The fourth-order valence-corrected chi connectivity index (χ4v) is 12.7. The monoisotopic (exact) mass is 500 g/mol. The fourth-order valence-electron chi connectivity index (χ4n) is 3.68. The van der Waals surface area contributed by atoms with Gasteiger partial charge < -0.3 is 17.7 Å². The maximum atomic E-state index is 6.85. The molecule has 33 heavy (non-hydrogen) atoms. The Morgan fingerprint density at radius 3 is 1.00 bits per heavy atom. The molecule has 0 N–H and O–H groups in total. The molecule has 0 aliphatic carbocycles. The number of unbranched alkanes of at least 4 members (excludes halogenated alkanes) is 4. The molecule has 0 fully saturated rings. The van der Waals surface area contributed by atoms with Crippen molar-refractivity contribution in [2.45, 2.75) is 124 Å². The second-order valence-corrected chi connectivity index (χ2v) is 16.9. The maximum absolute atomic E-state index is 6.85. The van der Waals surface area contributed by atoms with Crippen LogP contribution in [-0.4, -0.2) is 43.5 Å². The minimum atomic E-state index is -2.84. The smallest absolute Gasteiger partial charge is 0.372 e. The Morgan fingerprint density at radius 2 is 0.788 bits per heavy atom. The first-order chi connectivity index (χ1) is 15.9. The van der Waals surface area contributed by atoms with Crippen molar-refractivity contribution in [3.05, 3.63) is 23.6 Å². The van der Waals surface area contributed by atoms with E-state index in [1.165, 1.54) is 0 Å². The molecule has 0 bridgehead atoms. The van der Waals surface area contributed by atoms with Crippen molar-refractivity contribution in [2.75, 3.05) is 26.4 Å². The summed E-state index contributed by atoms with van der Waals surface area (Å²) >= 11 is 0. The highest BCUT2D eigenvalue weighted by molar-refractivity contribution is 6.95. The van der Waals surface area contributed by atoms with E-state index in [9.17, 15) is 0 Å². The Morgan fingerprint density at radius 1 is 0.515 bits per heavy atom. The number of hydrogen-bond donors (Lipinski definition) is 0. The molecule has 0 aromatic heterocycles. The zero-order valence-electron chi connectivity index (χ0n) is 23.3. The molecule has 0 atom stereocenters. The van der Waals surface area contributed by atoms with E-state index in [-0.39, 0.29) is 4.66 Å². The molecular weight excluding hydrogens is 444 g/mol. The topological polar surface area (TPSA) is 36.9 Å². The van der Waals surface area contributed by atoms with Gasteiger partial charge in [0, 0.05) is 26.4 Å². The third kappa shape index (κ3) is 10.5. The predicted octanol–water partition coefficient (Wildman–Crippen LogP) is 8.47. The van der Waals surface area contributed by atoms with E-state index < -0.39 is 17.1 Å². The summed E-state index contributed by atoms with van der Waals surface area (Å²) in [5, 5.41) is 0. The van der Waals surface area contributed by atoms with Crippen molar-refractivity contribution >= 4 is 17.1 Å². The Kier molecular flexibility index (Phi) is 18.9. The average Bonchev–Trinajstić information content (AvgIpc) is 2.80. The molecule has 0 radical (unpaired) electrons. The van der Waals surface area contributed by atoms with Gasteiger partial charge in [0.15, 0.2) is 0 Å². The van der Waals surface area contributed by atoms with Gasteiger partial charge in [-0.15, -0.1) is 0 Å². The maximum Gasteiger partial charge on any atom is 0.372 e. The van der Waals surface area contributed by atoms with E-state index >= 15 is 0 Å². The van der Waals surface area contributed by atoms with E-state index in [2.05, 4.69) is 78.9 Å². The minimum absolute atomic E-state index is 0.361. The molecule has 0 aromatic carbocycles. The zero-order valence-corrected chi connectivity index (χ0v) is 25.3. The van der Waals surface area contributed by atoms with Crippen LogP contribution in [-0.2, 0) is 17.7 Å². The molecule has 0 unspecified atom stereocenters. The van der Waals surface area contributed by atoms with Gasteiger partial charge in [-0.1, -0.05) is 93.2 Å². The van der Waals surface area contributed by atoms with Gasteiger partial charge in [-0.2, -0.15) is 0 Å². The van der Waals surface area contributed by atoms with Gasteiger partial charge in [-0.3, -0.25) is 0 Å². The molecule has 0 saturated heterocycles.